The van der Waals surface area contributed by atoms with Crippen molar-refractivity contribution in [1.29, 1.82) is 0 Å². The molecular formula is C70H116O6. The molecule has 0 bridgehead atoms. The van der Waals surface area contributed by atoms with E-state index in [9.17, 15) is 14.4 Å². The lowest BCUT2D eigenvalue weighted by Crippen LogP contribution is -2.30. The second-order valence-corrected chi connectivity index (χ2v) is 20.6. The highest BCUT2D eigenvalue weighted by atomic mass is 16.6. The topological polar surface area (TPSA) is 78.9 Å². The first-order valence-electron chi connectivity index (χ1n) is 31.5. The summed E-state index contributed by atoms with van der Waals surface area (Å²) < 4.78 is 16.8. The fourth-order valence-electron chi connectivity index (χ4n) is 8.56. The van der Waals surface area contributed by atoms with Gasteiger partial charge >= 0.3 is 17.9 Å². The van der Waals surface area contributed by atoms with E-state index in [0.29, 0.717) is 19.3 Å². The Hall–Kier alpha value is -4.19. The van der Waals surface area contributed by atoms with Gasteiger partial charge in [-0.25, -0.2) is 0 Å². The molecule has 0 aliphatic heterocycles. The zero-order valence-electron chi connectivity index (χ0n) is 49.5. The van der Waals surface area contributed by atoms with Gasteiger partial charge in [0, 0.05) is 19.3 Å². The number of unbranched alkanes of at least 4 members (excludes halogenated alkanes) is 25. The summed E-state index contributed by atoms with van der Waals surface area (Å²) in [5, 5.41) is 0. The van der Waals surface area contributed by atoms with E-state index in [-0.39, 0.29) is 37.5 Å². The minimum atomic E-state index is -0.799. The minimum absolute atomic E-state index is 0.0952. The maximum atomic E-state index is 12.8. The van der Waals surface area contributed by atoms with Gasteiger partial charge in [0.1, 0.15) is 13.2 Å². The summed E-state index contributed by atoms with van der Waals surface area (Å²) in [6.07, 6.45) is 88.2. The van der Waals surface area contributed by atoms with Gasteiger partial charge in [0.25, 0.3) is 0 Å². The predicted octanol–water partition coefficient (Wildman–Crippen LogP) is 21.6. The molecule has 0 aromatic rings. The quantitative estimate of drug-likeness (QED) is 0.0261. The molecule has 432 valence electrons. The maximum absolute atomic E-state index is 12.8. The number of allylic oxidation sites excluding steroid dienone is 20. The fraction of sp³-hybridized carbons (Fsp3) is 0.671. The Bertz CT molecular complexity index is 1590. The number of carbonyl (C=O) groups excluding carboxylic acids is 3. The predicted molar refractivity (Wildman–Crippen MR) is 330 cm³/mol. The Labute approximate surface area is 469 Å². The zero-order valence-corrected chi connectivity index (χ0v) is 49.5. The molecule has 76 heavy (non-hydrogen) atoms. The Morgan fingerprint density at radius 3 is 0.829 bits per heavy atom. The van der Waals surface area contributed by atoms with Crippen LogP contribution >= 0.6 is 0 Å². The average Bonchev–Trinajstić information content (AvgIpc) is 3.42. The SMILES string of the molecule is CC/C=C\C/C=C\C/C=C\C/C=C\C/C=C\C/C=C\CCCCC(=O)OC(COC(=O)CCCCCCCC)COC(=O)CCCCCCCCCCCCCCCCCCCC/C=C\C/C=C\C/C=C\C/C=C\CC. The van der Waals surface area contributed by atoms with Crippen molar-refractivity contribution in [1.82, 2.24) is 0 Å². The number of esters is 3. The van der Waals surface area contributed by atoms with Gasteiger partial charge in [-0.15, -0.1) is 0 Å². The second-order valence-electron chi connectivity index (χ2n) is 20.6. The fourth-order valence-corrected chi connectivity index (χ4v) is 8.56. The molecule has 0 amide bonds. The zero-order chi connectivity index (χ0) is 55.0. The van der Waals surface area contributed by atoms with Gasteiger partial charge in [0.05, 0.1) is 0 Å². The number of rotatable bonds is 56. The van der Waals surface area contributed by atoms with Gasteiger partial charge in [-0.1, -0.05) is 277 Å². The normalized spacial score (nSPS) is 12.9. The molecule has 0 aromatic heterocycles. The van der Waals surface area contributed by atoms with E-state index in [2.05, 4.69) is 142 Å². The summed E-state index contributed by atoms with van der Waals surface area (Å²) in [6, 6.07) is 0. The van der Waals surface area contributed by atoms with Gasteiger partial charge in [-0.05, 0) is 109 Å². The highest BCUT2D eigenvalue weighted by molar-refractivity contribution is 5.71. The van der Waals surface area contributed by atoms with Crippen LogP contribution in [0.2, 0.25) is 0 Å². The van der Waals surface area contributed by atoms with Crippen LogP contribution in [0.3, 0.4) is 0 Å². The first kappa shape index (κ1) is 71.8. The molecule has 6 nitrogen and oxygen atoms in total. The Kier molecular flexibility index (Phi) is 59.9. The van der Waals surface area contributed by atoms with Crippen molar-refractivity contribution in [3.8, 4) is 0 Å². The highest BCUT2D eigenvalue weighted by Gasteiger charge is 2.19. The third-order valence-electron chi connectivity index (χ3n) is 13.2. The number of ether oxygens (including phenoxy) is 3. The maximum Gasteiger partial charge on any atom is 0.306 e. The van der Waals surface area contributed by atoms with Crippen molar-refractivity contribution in [3.05, 3.63) is 122 Å². The van der Waals surface area contributed by atoms with Crippen molar-refractivity contribution < 1.29 is 28.6 Å². The molecule has 0 saturated heterocycles. The second kappa shape index (κ2) is 63.3. The minimum Gasteiger partial charge on any atom is -0.462 e. The number of carbonyl (C=O) groups is 3. The van der Waals surface area contributed by atoms with Crippen LogP contribution in [0.5, 0.6) is 0 Å². The molecule has 0 heterocycles. The molecule has 0 spiro atoms. The molecule has 0 saturated carbocycles. The van der Waals surface area contributed by atoms with Crippen LogP contribution in [-0.4, -0.2) is 37.2 Å². The van der Waals surface area contributed by atoms with Gasteiger partial charge in [0.2, 0.25) is 0 Å². The van der Waals surface area contributed by atoms with E-state index < -0.39 is 6.10 Å². The van der Waals surface area contributed by atoms with Crippen LogP contribution in [0.15, 0.2) is 122 Å². The standard InChI is InChI=1S/C70H116O6/c1-4-7-10-13-16-18-20-22-24-26-28-30-31-32-33-34-35-36-37-38-39-41-42-44-46-48-50-52-54-57-60-63-69(72)75-66-67(65-74-68(71)62-59-56-15-12-9-6-3)76-70(73)64-61-58-55-53-51-49-47-45-43-40-29-27-25-23-21-19-17-14-11-8-5-2/h7-8,10-11,16-19,22-25,28-30,40,45,47,51,53,67H,4-6,9,12-15,20-21,26-27,31-39,41-44,46,48-50,52,54-66H2,1-3H3/b10-7-,11-8-,18-16-,19-17-,24-22-,25-23-,30-28-,40-29-,47-45-,53-51-. The first-order chi connectivity index (χ1) is 37.5. The lowest BCUT2D eigenvalue weighted by atomic mass is 10.0. The molecule has 1 atom stereocenters. The van der Waals surface area contributed by atoms with Crippen molar-refractivity contribution in [2.24, 2.45) is 0 Å². The highest BCUT2D eigenvalue weighted by Crippen LogP contribution is 2.16. The van der Waals surface area contributed by atoms with Crippen molar-refractivity contribution in [2.75, 3.05) is 13.2 Å². The Morgan fingerprint density at radius 2 is 0.513 bits per heavy atom. The molecule has 0 aromatic carbocycles. The summed E-state index contributed by atoms with van der Waals surface area (Å²) >= 11 is 0. The molecule has 1 unspecified atom stereocenters. The van der Waals surface area contributed by atoms with E-state index in [4.69, 9.17) is 14.2 Å². The monoisotopic (exact) mass is 1050 g/mol. The molecule has 0 aliphatic rings. The van der Waals surface area contributed by atoms with Crippen LogP contribution in [-0.2, 0) is 28.6 Å². The molecule has 0 rings (SSSR count). The third-order valence-corrected chi connectivity index (χ3v) is 13.2. The molecule has 6 heteroatoms. The van der Waals surface area contributed by atoms with Crippen LogP contribution in [0.1, 0.15) is 284 Å². The van der Waals surface area contributed by atoms with Crippen molar-refractivity contribution in [3.63, 3.8) is 0 Å². The van der Waals surface area contributed by atoms with Gasteiger partial charge < -0.3 is 14.2 Å². The van der Waals surface area contributed by atoms with E-state index in [1.807, 2.05) is 0 Å². The summed E-state index contributed by atoms with van der Waals surface area (Å²) in [4.78, 5) is 38.0. The molecular weight excluding hydrogens is 937 g/mol. The summed E-state index contributed by atoms with van der Waals surface area (Å²) in [6.45, 7) is 6.33. The van der Waals surface area contributed by atoms with Gasteiger partial charge in [0.15, 0.2) is 6.10 Å². The summed E-state index contributed by atoms with van der Waals surface area (Å²) in [5.74, 6) is -0.945. The Balaban J connectivity index is 4.10. The average molecular weight is 1050 g/mol. The van der Waals surface area contributed by atoms with Crippen LogP contribution < -0.4 is 0 Å². The Morgan fingerprint density at radius 1 is 0.276 bits per heavy atom. The van der Waals surface area contributed by atoms with Gasteiger partial charge in [-0.3, -0.25) is 14.4 Å². The van der Waals surface area contributed by atoms with Crippen molar-refractivity contribution in [2.45, 2.75) is 290 Å². The molecule has 0 fully saturated rings. The molecule has 0 radical (unpaired) electrons. The third kappa shape index (κ3) is 60.7. The lowest BCUT2D eigenvalue weighted by molar-refractivity contribution is -0.167. The number of hydrogen-bond donors (Lipinski definition) is 0. The summed E-state index contributed by atoms with van der Waals surface area (Å²) in [5.41, 5.74) is 0. The summed E-state index contributed by atoms with van der Waals surface area (Å²) in [7, 11) is 0. The van der Waals surface area contributed by atoms with Gasteiger partial charge in [-0.2, -0.15) is 0 Å². The lowest BCUT2D eigenvalue weighted by Gasteiger charge is -2.18. The first-order valence-corrected chi connectivity index (χ1v) is 31.5. The van der Waals surface area contributed by atoms with E-state index in [1.165, 1.54) is 122 Å². The number of hydrogen-bond acceptors (Lipinski definition) is 6. The van der Waals surface area contributed by atoms with Crippen LogP contribution in [0.25, 0.3) is 0 Å². The smallest absolute Gasteiger partial charge is 0.306 e. The van der Waals surface area contributed by atoms with Crippen molar-refractivity contribution >= 4 is 17.9 Å². The largest absolute Gasteiger partial charge is 0.462 e. The van der Waals surface area contributed by atoms with Crippen LogP contribution in [0, 0.1) is 0 Å². The van der Waals surface area contributed by atoms with Crippen LogP contribution in [0.4, 0.5) is 0 Å². The van der Waals surface area contributed by atoms with E-state index >= 15 is 0 Å². The molecule has 0 N–H and O–H groups in total. The van der Waals surface area contributed by atoms with E-state index in [0.717, 1.165) is 116 Å². The van der Waals surface area contributed by atoms with E-state index in [1.54, 1.807) is 0 Å². The molecule has 0 aliphatic carbocycles.